The average molecular weight is 442 g/mol. The second-order valence-corrected chi connectivity index (χ2v) is 7.21. The number of fused-ring (bicyclic) bond motifs is 1. The van der Waals surface area contributed by atoms with E-state index in [1.54, 1.807) is 0 Å². The second kappa shape index (κ2) is 11.2. The molecule has 0 spiro atoms. The van der Waals surface area contributed by atoms with Crippen LogP contribution >= 0.6 is 24.8 Å². The standard InChI is InChI=1S/C19H26F3N3O.2ClH/c20-19(21,22)15-6-8-16(9-7-15)23-18(26)5-3-10-24-12-13-25-11-2-1-4-17(25)14-24;;/h6-9,17H,1-5,10-14H2,(H,23,26);2*1H. The zero-order valence-corrected chi connectivity index (χ0v) is 17.3. The third-order valence-electron chi connectivity index (χ3n) is 5.30. The molecule has 1 atom stereocenters. The molecule has 1 amide bonds. The average Bonchev–Trinajstić information content (AvgIpc) is 2.61. The van der Waals surface area contributed by atoms with E-state index in [1.807, 2.05) is 0 Å². The SMILES string of the molecule is Cl.Cl.O=C(CCCN1CCN2CCCCC2C1)Nc1ccc(C(F)(F)F)cc1. The normalized spacial score (nSPS) is 20.5. The molecule has 3 rings (SSSR count). The van der Waals surface area contributed by atoms with Crippen LogP contribution in [0.1, 0.15) is 37.7 Å². The first-order valence-electron chi connectivity index (χ1n) is 9.35. The van der Waals surface area contributed by atoms with Crippen LogP contribution in [0.2, 0.25) is 0 Å². The Bertz CT molecular complexity index is 613. The minimum Gasteiger partial charge on any atom is -0.326 e. The van der Waals surface area contributed by atoms with E-state index in [2.05, 4.69) is 15.1 Å². The van der Waals surface area contributed by atoms with E-state index in [1.165, 1.54) is 37.9 Å². The monoisotopic (exact) mass is 441 g/mol. The van der Waals surface area contributed by atoms with Gasteiger partial charge in [0, 0.05) is 37.8 Å². The Morgan fingerprint density at radius 2 is 1.79 bits per heavy atom. The van der Waals surface area contributed by atoms with E-state index >= 15 is 0 Å². The highest BCUT2D eigenvalue weighted by Crippen LogP contribution is 2.29. The number of alkyl halides is 3. The van der Waals surface area contributed by atoms with Crippen molar-refractivity contribution in [2.24, 2.45) is 0 Å². The molecule has 0 aromatic heterocycles. The maximum absolute atomic E-state index is 12.5. The summed E-state index contributed by atoms with van der Waals surface area (Å²) < 4.78 is 37.6. The number of benzene rings is 1. The van der Waals surface area contributed by atoms with Gasteiger partial charge in [-0.3, -0.25) is 9.69 Å². The molecule has 2 aliphatic rings. The summed E-state index contributed by atoms with van der Waals surface area (Å²) in [6.07, 6.45) is 0.673. The lowest BCUT2D eigenvalue weighted by Crippen LogP contribution is -2.54. The molecular weight excluding hydrogens is 414 g/mol. The van der Waals surface area contributed by atoms with Gasteiger partial charge in [0.1, 0.15) is 0 Å². The minimum absolute atomic E-state index is 0. The van der Waals surface area contributed by atoms with E-state index in [0.717, 1.165) is 44.7 Å². The maximum Gasteiger partial charge on any atom is 0.416 e. The largest absolute Gasteiger partial charge is 0.416 e. The number of nitrogens with zero attached hydrogens (tertiary/aromatic N) is 2. The molecule has 0 aliphatic carbocycles. The van der Waals surface area contributed by atoms with Crippen LogP contribution in [0.4, 0.5) is 18.9 Å². The minimum atomic E-state index is -4.36. The molecule has 1 aromatic rings. The molecule has 0 radical (unpaired) electrons. The van der Waals surface area contributed by atoms with Crippen LogP contribution in [0.3, 0.4) is 0 Å². The predicted molar refractivity (Wildman–Crippen MR) is 109 cm³/mol. The lowest BCUT2D eigenvalue weighted by atomic mass is 9.99. The van der Waals surface area contributed by atoms with Gasteiger partial charge in [-0.2, -0.15) is 13.2 Å². The van der Waals surface area contributed by atoms with E-state index in [9.17, 15) is 18.0 Å². The number of anilines is 1. The summed E-state index contributed by atoms with van der Waals surface area (Å²) in [5.41, 5.74) is -0.309. The van der Waals surface area contributed by atoms with Crippen LogP contribution in [0.25, 0.3) is 0 Å². The van der Waals surface area contributed by atoms with E-state index in [-0.39, 0.29) is 30.7 Å². The Labute approximate surface area is 176 Å². The predicted octanol–water partition coefficient (Wildman–Crippen LogP) is 4.44. The number of hydrogen-bond donors (Lipinski definition) is 1. The van der Waals surface area contributed by atoms with Crippen molar-refractivity contribution >= 4 is 36.4 Å². The number of amides is 1. The number of piperidine rings is 1. The Hall–Kier alpha value is -1.02. The summed E-state index contributed by atoms with van der Waals surface area (Å²) in [4.78, 5) is 17.0. The van der Waals surface area contributed by atoms with Crippen LogP contribution in [-0.2, 0) is 11.0 Å². The summed E-state index contributed by atoms with van der Waals surface area (Å²) in [5, 5.41) is 2.67. The third kappa shape index (κ3) is 7.10. The molecule has 2 saturated heterocycles. The molecule has 160 valence electrons. The van der Waals surface area contributed by atoms with Crippen LogP contribution in [0.5, 0.6) is 0 Å². The number of carbonyl (C=O) groups excluding carboxylic acids is 1. The summed E-state index contributed by atoms with van der Waals surface area (Å²) in [5.74, 6) is -0.152. The molecular formula is C19H28Cl2F3N3O. The number of hydrogen-bond acceptors (Lipinski definition) is 3. The van der Waals surface area contributed by atoms with E-state index in [0.29, 0.717) is 18.2 Å². The van der Waals surface area contributed by atoms with Crippen LogP contribution < -0.4 is 5.32 Å². The van der Waals surface area contributed by atoms with Crippen molar-refractivity contribution < 1.29 is 18.0 Å². The highest BCUT2D eigenvalue weighted by molar-refractivity contribution is 5.90. The molecule has 1 unspecified atom stereocenters. The summed E-state index contributed by atoms with van der Waals surface area (Å²) in [6, 6.07) is 5.23. The molecule has 1 N–H and O–H groups in total. The first kappa shape index (κ1) is 25.0. The fraction of sp³-hybridized carbons (Fsp3) is 0.632. The lowest BCUT2D eigenvalue weighted by molar-refractivity contribution is -0.137. The Morgan fingerprint density at radius 1 is 1.07 bits per heavy atom. The van der Waals surface area contributed by atoms with E-state index in [4.69, 9.17) is 0 Å². The van der Waals surface area contributed by atoms with Gasteiger partial charge in [-0.1, -0.05) is 6.42 Å². The van der Waals surface area contributed by atoms with Gasteiger partial charge in [0.05, 0.1) is 5.56 Å². The zero-order chi connectivity index (χ0) is 18.6. The van der Waals surface area contributed by atoms with Gasteiger partial charge in [0.2, 0.25) is 5.91 Å². The van der Waals surface area contributed by atoms with Crippen molar-refractivity contribution in [1.82, 2.24) is 9.80 Å². The Balaban J connectivity index is 0.00000196. The molecule has 9 heteroatoms. The van der Waals surface area contributed by atoms with Crippen molar-refractivity contribution in [3.05, 3.63) is 29.8 Å². The molecule has 28 heavy (non-hydrogen) atoms. The van der Waals surface area contributed by atoms with Crippen molar-refractivity contribution in [3.63, 3.8) is 0 Å². The molecule has 2 aliphatic heterocycles. The van der Waals surface area contributed by atoms with Crippen molar-refractivity contribution in [2.45, 2.75) is 44.3 Å². The zero-order valence-electron chi connectivity index (χ0n) is 15.7. The number of nitrogens with one attached hydrogen (secondary N) is 1. The van der Waals surface area contributed by atoms with Gasteiger partial charge in [-0.05, 0) is 56.6 Å². The van der Waals surface area contributed by atoms with Crippen LogP contribution in [0, 0.1) is 0 Å². The third-order valence-corrected chi connectivity index (χ3v) is 5.30. The van der Waals surface area contributed by atoms with Crippen molar-refractivity contribution in [3.8, 4) is 0 Å². The first-order valence-corrected chi connectivity index (χ1v) is 9.35. The number of rotatable bonds is 5. The smallest absolute Gasteiger partial charge is 0.326 e. The highest BCUT2D eigenvalue weighted by Gasteiger charge is 2.30. The number of piperazine rings is 1. The summed E-state index contributed by atoms with van der Waals surface area (Å²) in [7, 11) is 0. The molecule has 0 bridgehead atoms. The first-order chi connectivity index (χ1) is 12.4. The second-order valence-electron chi connectivity index (χ2n) is 7.21. The molecule has 4 nitrogen and oxygen atoms in total. The Morgan fingerprint density at radius 3 is 2.46 bits per heavy atom. The van der Waals surface area contributed by atoms with Crippen molar-refractivity contribution in [2.75, 3.05) is 38.0 Å². The fourth-order valence-corrected chi connectivity index (χ4v) is 3.85. The quantitative estimate of drug-likeness (QED) is 0.733. The van der Waals surface area contributed by atoms with Crippen molar-refractivity contribution in [1.29, 1.82) is 0 Å². The summed E-state index contributed by atoms with van der Waals surface area (Å²) >= 11 is 0. The summed E-state index contributed by atoms with van der Waals surface area (Å²) in [6.45, 7) is 5.36. The van der Waals surface area contributed by atoms with Gasteiger partial charge >= 0.3 is 6.18 Å². The number of carbonyl (C=O) groups is 1. The molecule has 2 fully saturated rings. The van der Waals surface area contributed by atoms with Gasteiger partial charge in [0.15, 0.2) is 0 Å². The highest BCUT2D eigenvalue weighted by atomic mass is 35.5. The van der Waals surface area contributed by atoms with Crippen LogP contribution in [0.15, 0.2) is 24.3 Å². The van der Waals surface area contributed by atoms with Gasteiger partial charge in [0.25, 0.3) is 0 Å². The lowest BCUT2D eigenvalue weighted by Gasteiger charge is -2.44. The maximum atomic E-state index is 12.5. The molecule has 2 heterocycles. The van der Waals surface area contributed by atoms with Gasteiger partial charge in [-0.15, -0.1) is 24.8 Å². The van der Waals surface area contributed by atoms with Gasteiger partial charge < -0.3 is 10.2 Å². The van der Waals surface area contributed by atoms with Gasteiger partial charge in [-0.25, -0.2) is 0 Å². The fourth-order valence-electron chi connectivity index (χ4n) is 3.85. The topological polar surface area (TPSA) is 35.6 Å². The van der Waals surface area contributed by atoms with E-state index < -0.39 is 11.7 Å². The Kier molecular flexibility index (Phi) is 10.0. The molecule has 1 aromatic carbocycles. The van der Waals surface area contributed by atoms with Crippen LogP contribution in [-0.4, -0.2) is 54.5 Å². The molecule has 0 saturated carbocycles. The number of halogens is 5.